The van der Waals surface area contributed by atoms with E-state index in [-0.39, 0.29) is 24.8 Å². The van der Waals surface area contributed by atoms with E-state index in [4.69, 9.17) is 13.7 Å². The first kappa shape index (κ1) is 19.4. The van der Waals surface area contributed by atoms with Gasteiger partial charge < -0.3 is 18.6 Å². The van der Waals surface area contributed by atoms with Crippen LogP contribution in [0.4, 0.5) is 0 Å². The number of aryl methyl sites for hydroxylation is 2. The molecule has 1 amide bonds. The Morgan fingerprint density at radius 1 is 1.10 bits per heavy atom. The van der Waals surface area contributed by atoms with Crippen molar-refractivity contribution < 1.29 is 18.5 Å². The van der Waals surface area contributed by atoms with Gasteiger partial charge in [0.05, 0.1) is 6.54 Å². The highest BCUT2D eigenvalue weighted by atomic mass is 16.5. The molecule has 0 atom stereocenters. The van der Waals surface area contributed by atoms with Crippen molar-refractivity contribution in [3.05, 3.63) is 77.0 Å². The van der Waals surface area contributed by atoms with Gasteiger partial charge in [-0.1, -0.05) is 23.4 Å². The van der Waals surface area contributed by atoms with Crippen LogP contribution in [0.25, 0.3) is 11.1 Å². The lowest BCUT2D eigenvalue weighted by atomic mass is 9.92. The number of nitrogens with zero attached hydrogens (tertiary/aromatic N) is 3. The number of ether oxygens (including phenoxy) is 1. The van der Waals surface area contributed by atoms with E-state index in [2.05, 4.69) is 22.3 Å². The van der Waals surface area contributed by atoms with Crippen molar-refractivity contribution in [2.24, 2.45) is 0 Å². The Labute approximate surface area is 179 Å². The van der Waals surface area contributed by atoms with Crippen LogP contribution in [0.1, 0.15) is 46.1 Å². The number of carbonyl (C=O) groups is 1. The molecule has 7 nitrogen and oxygen atoms in total. The highest BCUT2D eigenvalue weighted by Crippen LogP contribution is 2.26. The number of hydrogen-bond acceptors (Lipinski definition) is 6. The molecule has 0 aliphatic heterocycles. The van der Waals surface area contributed by atoms with Gasteiger partial charge >= 0.3 is 0 Å². The molecule has 0 saturated carbocycles. The Hall–Kier alpha value is -3.61. The fraction of sp³-hybridized carbons (Fsp3) is 0.292. The van der Waals surface area contributed by atoms with Crippen LogP contribution in [0.2, 0.25) is 0 Å². The molecule has 31 heavy (non-hydrogen) atoms. The van der Waals surface area contributed by atoms with Crippen LogP contribution < -0.4 is 4.74 Å². The summed E-state index contributed by atoms with van der Waals surface area (Å²) >= 11 is 0. The molecule has 7 heteroatoms. The Morgan fingerprint density at radius 3 is 2.81 bits per heavy atom. The van der Waals surface area contributed by atoms with Crippen molar-refractivity contribution in [2.45, 2.75) is 38.8 Å². The van der Waals surface area contributed by atoms with Crippen LogP contribution in [0, 0.1) is 0 Å². The lowest BCUT2D eigenvalue weighted by molar-refractivity contribution is 0.0763. The van der Waals surface area contributed by atoms with E-state index in [1.807, 2.05) is 30.3 Å². The van der Waals surface area contributed by atoms with E-state index in [0.29, 0.717) is 17.2 Å². The summed E-state index contributed by atoms with van der Waals surface area (Å²) < 4.78 is 16.9. The average molecular weight is 417 g/mol. The Bertz CT molecular complexity index is 1190. The predicted molar refractivity (Wildman–Crippen MR) is 114 cm³/mol. The maximum absolute atomic E-state index is 12.7. The lowest BCUT2D eigenvalue weighted by Gasteiger charge is -2.16. The topological polar surface area (TPSA) is 81.6 Å². The summed E-state index contributed by atoms with van der Waals surface area (Å²) in [5, 5.41) is 3.91. The second-order valence-electron chi connectivity index (χ2n) is 7.84. The normalized spacial score (nSPS) is 13.2. The summed E-state index contributed by atoms with van der Waals surface area (Å²) in [4.78, 5) is 18.6. The summed E-state index contributed by atoms with van der Waals surface area (Å²) in [6.07, 6.45) is 4.71. The van der Waals surface area contributed by atoms with E-state index in [1.54, 1.807) is 13.1 Å². The summed E-state index contributed by atoms with van der Waals surface area (Å²) in [7, 11) is 1.68. The minimum Gasteiger partial charge on any atom is -0.486 e. The molecule has 0 N–H and O–H groups in total. The molecular formula is C24H23N3O4. The van der Waals surface area contributed by atoms with Gasteiger partial charge in [-0.05, 0) is 61.1 Å². The third kappa shape index (κ3) is 4.17. The summed E-state index contributed by atoms with van der Waals surface area (Å²) in [6, 6.07) is 15.3. The molecule has 1 aliphatic rings. The monoisotopic (exact) mass is 417 g/mol. The Morgan fingerprint density at radius 2 is 1.94 bits per heavy atom. The first-order chi connectivity index (χ1) is 15.2. The van der Waals surface area contributed by atoms with E-state index in [1.165, 1.54) is 28.9 Å². The van der Waals surface area contributed by atoms with Gasteiger partial charge in [-0.25, -0.2) is 4.98 Å². The van der Waals surface area contributed by atoms with Gasteiger partial charge in [-0.3, -0.25) is 4.79 Å². The standard InChI is InChI=1S/C24H23N3O4/c1-27(14-23-25-20-8-4-5-9-22(20)30-23)24(28)21-13-19(31-26-21)15-29-18-11-10-16-6-2-3-7-17(16)12-18/h4-5,8-13H,2-3,6-7,14-15H2,1H3. The molecule has 2 aromatic heterocycles. The average Bonchev–Trinajstić information content (AvgIpc) is 3.43. The number of rotatable bonds is 6. The van der Waals surface area contributed by atoms with Gasteiger partial charge in [-0.15, -0.1) is 0 Å². The van der Waals surface area contributed by atoms with Crippen molar-refractivity contribution >= 4 is 17.0 Å². The van der Waals surface area contributed by atoms with Crippen molar-refractivity contribution in [3.63, 3.8) is 0 Å². The van der Waals surface area contributed by atoms with Gasteiger partial charge in [0.25, 0.3) is 5.91 Å². The molecule has 0 saturated heterocycles. The fourth-order valence-electron chi connectivity index (χ4n) is 3.89. The number of carbonyl (C=O) groups excluding carboxylic acids is 1. The molecule has 5 rings (SSSR count). The van der Waals surface area contributed by atoms with Crippen LogP contribution in [0.3, 0.4) is 0 Å². The van der Waals surface area contributed by atoms with Gasteiger partial charge in [0.1, 0.15) is 17.9 Å². The zero-order valence-corrected chi connectivity index (χ0v) is 17.3. The SMILES string of the molecule is CN(Cc1nc2ccccc2o1)C(=O)c1cc(COc2ccc3c(c2)CCCC3)on1. The zero-order valence-electron chi connectivity index (χ0n) is 17.3. The van der Waals surface area contributed by atoms with Crippen LogP contribution in [-0.2, 0) is 26.0 Å². The molecule has 2 heterocycles. The van der Waals surface area contributed by atoms with Crippen molar-refractivity contribution in [2.75, 3.05) is 7.05 Å². The number of amides is 1. The molecule has 0 unspecified atom stereocenters. The first-order valence-corrected chi connectivity index (χ1v) is 10.5. The van der Waals surface area contributed by atoms with E-state index < -0.39 is 0 Å². The molecule has 1 aliphatic carbocycles. The number of benzene rings is 2. The number of para-hydroxylation sites is 2. The maximum Gasteiger partial charge on any atom is 0.276 e. The third-order valence-corrected chi connectivity index (χ3v) is 5.54. The van der Waals surface area contributed by atoms with Crippen LogP contribution in [-0.4, -0.2) is 28.0 Å². The van der Waals surface area contributed by atoms with Gasteiger partial charge in [-0.2, -0.15) is 0 Å². The van der Waals surface area contributed by atoms with Gasteiger partial charge in [0.15, 0.2) is 17.0 Å². The number of oxazole rings is 1. The second kappa shape index (κ2) is 8.26. The largest absolute Gasteiger partial charge is 0.486 e. The maximum atomic E-state index is 12.7. The molecule has 0 fully saturated rings. The Kier molecular flexibility index (Phi) is 5.16. The molecule has 4 aromatic rings. The molecule has 158 valence electrons. The second-order valence-corrected chi connectivity index (χ2v) is 7.84. The van der Waals surface area contributed by atoms with Crippen LogP contribution in [0.5, 0.6) is 5.75 Å². The summed E-state index contributed by atoms with van der Waals surface area (Å²) in [6.45, 7) is 0.454. The van der Waals surface area contributed by atoms with Crippen LogP contribution in [0.15, 0.2) is 57.5 Å². The summed E-state index contributed by atoms with van der Waals surface area (Å²) in [5.41, 5.74) is 4.46. The zero-order chi connectivity index (χ0) is 21.2. The number of aromatic nitrogens is 2. The highest BCUT2D eigenvalue weighted by Gasteiger charge is 2.19. The predicted octanol–water partition coefficient (Wildman–Crippen LogP) is 4.55. The molecule has 0 bridgehead atoms. The van der Waals surface area contributed by atoms with Crippen LogP contribution >= 0.6 is 0 Å². The number of fused-ring (bicyclic) bond motifs is 2. The van der Waals surface area contributed by atoms with Gasteiger partial charge in [0, 0.05) is 13.1 Å². The molecular weight excluding hydrogens is 394 g/mol. The third-order valence-electron chi connectivity index (χ3n) is 5.54. The Balaban J connectivity index is 1.20. The summed E-state index contributed by atoms with van der Waals surface area (Å²) in [5.74, 6) is 1.50. The smallest absolute Gasteiger partial charge is 0.276 e. The molecule has 2 aromatic carbocycles. The van der Waals surface area contributed by atoms with E-state index in [9.17, 15) is 4.79 Å². The lowest BCUT2D eigenvalue weighted by Crippen LogP contribution is -2.26. The number of hydrogen-bond donors (Lipinski definition) is 0. The van der Waals surface area contributed by atoms with Crippen molar-refractivity contribution in [3.8, 4) is 5.75 Å². The van der Waals surface area contributed by atoms with Crippen molar-refractivity contribution in [1.29, 1.82) is 0 Å². The van der Waals surface area contributed by atoms with E-state index in [0.717, 1.165) is 24.1 Å². The first-order valence-electron chi connectivity index (χ1n) is 10.5. The van der Waals surface area contributed by atoms with Gasteiger partial charge in [0.2, 0.25) is 5.89 Å². The highest BCUT2D eigenvalue weighted by molar-refractivity contribution is 5.92. The van der Waals surface area contributed by atoms with Crippen molar-refractivity contribution in [1.82, 2.24) is 15.0 Å². The fourth-order valence-corrected chi connectivity index (χ4v) is 3.89. The minimum absolute atomic E-state index is 0.216. The molecule has 0 radical (unpaired) electrons. The quantitative estimate of drug-likeness (QED) is 0.458. The van der Waals surface area contributed by atoms with E-state index >= 15 is 0 Å². The molecule has 0 spiro atoms. The minimum atomic E-state index is -0.272.